The molecule has 0 fully saturated rings. The molecule has 124 valence electrons. The minimum absolute atomic E-state index is 0.0176. The number of aromatic nitrogens is 4. The van der Waals surface area contributed by atoms with Gasteiger partial charge in [-0.3, -0.25) is 24.3 Å². The number of amides is 1. The molecule has 0 saturated heterocycles. The molecule has 0 aliphatic rings. The summed E-state index contributed by atoms with van der Waals surface area (Å²) in [7, 11) is 0. The Morgan fingerprint density at radius 2 is 2.08 bits per heavy atom. The molecule has 1 N–H and O–H groups in total. The Hall–Kier alpha value is -2.91. The van der Waals surface area contributed by atoms with Crippen molar-refractivity contribution in [2.24, 2.45) is 0 Å². The molecule has 0 atom stereocenters. The topological polar surface area (TPSA) is 89.2 Å². The summed E-state index contributed by atoms with van der Waals surface area (Å²) in [5, 5.41) is 4.92. The minimum atomic E-state index is -0.522. The molecule has 4 rings (SSSR count). The maximum Gasteiger partial charge on any atom is 0.271 e. The molecule has 0 radical (unpaired) electrons. The van der Waals surface area contributed by atoms with Crippen molar-refractivity contribution >= 4 is 38.7 Å². The molecular formula is C16H11N5O2S2. The Labute approximate surface area is 149 Å². The number of carbonyl (C=O) groups is 1. The van der Waals surface area contributed by atoms with Crippen molar-refractivity contribution in [3.63, 3.8) is 0 Å². The number of nitrogens with one attached hydrogen (secondary N) is 1. The molecule has 0 aliphatic heterocycles. The van der Waals surface area contributed by atoms with Gasteiger partial charge in [-0.15, -0.1) is 22.7 Å². The lowest BCUT2D eigenvalue weighted by Crippen LogP contribution is -2.25. The quantitative estimate of drug-likeness (QED) is 0.600. The van der Waals surface area contributed by atoms with Crippen molar-refractivity contribution < 1.29 is 4.79 Å². The summed E-state index contributed by atoms with van der Waals surface area (Å²) in [5.41, 5.74) is 1.24. The van der Waals surface area contributed by atoms with Crippen LogP contribution in [0.4, 0.5) is 5.13 Å². The van der Waals surface area contributed by atoms with Crippen molar-refractivity contribution in [1.29, 1.82) is 0 Å². The third-order valence-electron chi connectivity index (χ3n) is 3.47. The second kappa shape index (κ2) is 6.19. The maximum absolute atomic E-state index is 12.4. The van der Waals surface area contributed by atoms with E-state index in [1.165, 1.54) is 33.3 Å². The van der Waals surface area contributed by atoms with Crippen molar-refractivity contribution in [2.75, 3.05) is 5.32 Å². The lowest BCUT2D eigenvalue weighted by molar-refractivity contribution is 0.102. The van der Waals surface area contributed by atoms with E-state index in [1.807, 2.05) is 24.4 Å². The number of rotatable bonds is 3. The third kappa shape index (κ3) is 2.94. The number of hydrogen-bond donors (Lipinski definition) is 1. The fourth-order valence-electron chi connectivity index (χ4n) is 2.30. The zero-order valence-corrected chi connectivity index (χ0v) is 14.6. The molecule has 4 aromatic rings. The number of fused-ring (bicyclic) bond motifs is 1. The zero-order chi connectivity index (χ0) is 17.4. The molecule has 0 aliphatic carbocycles. The Morgan fingerprint density at radius 3 is 2.88 bits per heavy atom. The van der Waals surface area contributed by atoms with Crippen molar-refractivity contribution in [1.82, 2.24) is 19.4 Å². The average molecular weight is 369 g/mol. The van der Waals surface area contributed by atoms with E-state index < -0.39 is 11.5 Å². The molecule has 1 amide bonds. The van der Waals surface area contributed by atoms with Crippen LogP contribution < -0.4 is 10.9 Å². The van der Waals surface area contributed by atoms with E-state index in [0.29, 0.717) is 10.1 Å². The lowest BCUT2D eigenvalue weighted by Gasteiger charge is -2.01. The molecule has 0 saturated carbocycles. The Balaban J connectivity index is 1.61. The number of carbonyl (C=O) groups excluding carboxylic acids is 1. The number of nitrogens with zero attached hydrogens (tertiary/aromatic N) is 4. The van der Waals surface area contributed by atoms with Crippen molar-refractivity contribution in [3.05, 3.63) is 63.1 Å². The van der Waals surface area contributed by atoms with Gasteiger partial charge >= 0.3 is 0 Å². The van der Waals surface area contributed by atoms with Gasteiger partial charge in [0.15, 0.2) is 10.1 Å². The number of thiazole rings is 2. The van der Waals surface area contributed by atoms with Crippen LogP contribution in [0.2, 0.25) is 0 Å². The Bertz CT molecular complexity index is 1130. The van der Waals surface area contributed by atoms with Crippen LogP contribution in [0, 0.1) is 6.92 Å². The molecule has 0 spiro atoms. The summed E-state index contributed by atoms with van der Waals surface area (Å²) in [6.07, 6.45) is 6.34. The van der Waals surface area contributed by atoms with Gasteiger partial charge in [-0.1, -0.05) is 0 Å². The zero-order valence-electron chi connectivity index (χ0n) is 13.0. The van der Waals surface area contributed by atoms with Crippen LogP contribution in [0.25, 0.3) is 16.2 Å². The van der Waals surface area contributed by atoms with Gasteiger partial charge in [0.1, 0.15) is 5.56 Å². The predicted octanol–water partition coefficient (Wildman–Crippen LogP) is 2.84. The van der Waals surface area contributed by atoms with E-state index in [9.17, 15) is 9.59 Å². The van der Waals surface area contributed by atoms with E-state index in [-0.39, 0.29) is 5.56 Å². The SMILES string of the molecule is Cc1cn2c(=O)c(C(=O)Nc3nc(-c4ccncc4)cs3)cnc2s1. The van der Waals surface area contributed by atoms with E-state index in [1.54, 1.807) is 18.6 Å². The predicted molar refractivity (Wildman–Crippen MR) is 97.4 cm³/mol. The molecule has 9 heteroatoms. The highest BCUT2D eigenvalue weighted by Crippen LogP contribution is 2.24. The van der Waals surface area contributed by atoms with Gasteiger partial charge in [0.25, 0.3) is 11.5 Å². The van der Waals surface area contributed by atoms with Gasteiger partial charge in [-0.05, 0) is 19.1 Å². The van der Waals surface area contributed by atoms with Gasteiger partial charge in [0.2, 0.25) is 0 Å². The highest BCUT2D eigenvalue weighted by molar-refractivity contribution is 7.17. The molecule has 25 heavy (non-hydrogen) atoms. The standard InChI is InChI=1S/C16H11N5O2S2/c1-9-7-21-14(23)11(6-18-16(21)25-9)13(22)20-15-19-12(8-24-15)10-2-4-17-5-3-10/h2-8H,1H3,(H,19,20,22). The largest absolute Gasteiger partial charge is 0.298 e. The number of hydrogen-bond acceptors (Lipinski definition) is 7. The van der Waals surface area contributed by atoms with Crippen LogP contribution in [0.15, 0.2) is 47.1 Å². The first kappa shape index (κ1) is 15.6. The Morgan fingerprint density at radius 1 is 1.28 bits per heavy atom. The Kier molecular flexibility index (Phi) is 3.86. The fraction of sp³-hybridized carbons (Fsp3) is 0.0625. The van der Waals surface area contributed by atoms with Crippen LogP contribution in [0.1, 0.15) is 15.2 Å². The van der Waals surface area contributed by atoms with Crippen molar-refractivity contribution in [2.45, 2.75) is 6.92 Å². The molecule has 0 bridgehead atoms. The van der Waals surface area contributed by atoms with Crippen LogP contribution in [0.5, 0.6) is 0 Å². The number of anilines is 1. The summed E-state index contributed by atoms with van der Waals surface area (Å²) >= 11 is 2.69. The summed E-state index contributed by atoms with van der Waals surface area (Å²) in [6.45, 7) is 1.88. The first-order chi connectivity index (χ1) is 12.1. The second-order valence-electron chi connectivity index (χ2n) is 5.20. The van der Waals surface area contributed by atoms with Gasteiger partial charge < -0.3 is 0 Å². The third-order valence-corrected chi connectivity index (χ3v) is 5.14. The first-order valence-electron chi connectivity index (χ1n) is 7.27. The van der Waals surface area contributed by atoms with Crippen LogP contribution in [0.3, 0.4) is 0 Å². The van der Waals surface area contributed by atoms with Gasteiger partial charge in [-0.25, -0.2) is 9.97 Å². The normalized spacial score (nSPS) is 10.9. The molecule has 4 aromatic heterocycles. The molecule has 4 heterocycles. The summed E-state index contributed by atoms with van der Waals surface area (Å²) in [4.78, 5) is 38.9. The summed E-state index contributed by atoms with van der Waals surface area (Å²) < 4.78 is 1.39. The molecule has 7 nitrogen and oxygen atoms in total. The number of aryl methyl sites for hydroxylation is 1. The van der Waals surface area contributed by atoms with E-state index >= 15 is 0 Å². The van der Waals surface area contributed by atoms with Gasteiger partial charge in [-0.2, -0.15) is 0 Å². The van der Waals surface area contributed by atoms with Crippen LogP contribution >= 0.6 is 22.7 Å². The second-order valence-corrected chi connectivity index (χ2v) is 7.27. The lowest BCUT2D eigenvalue weighted by atomic mass is 10.2. The number of pyridine rings is 1. The first-order valence-corrected chi connectivity index (χ1v) is 8.96. The summed E-state index contributed by atoms with van der Waals surface area (Å²) in [5.74, 6) is -0.522. The smallest absolute Gasteiger partial charge is 0.271 e. The van der Waals surface area contributed by atoms with E-state index in [0.717, 1.165) is 16.1 Å². The van der Waals surface area contributed by atoms with Gasteiger partial charge in [0, 0.05) is 40.6 Å². The molecule has 0 unspecified atom stereocenters. The average Bonchev–Trinajstić information content (AvgIpc) is 3.22. The van der Waals surface area contributed by atoms with E-state index in [4.69, 9.17) is 0 Å². The van der Waals surface area contributed by atoms with Crippen LogP contribution in [-0.4, -0.2) is 25.3 Å². The fourth-order valence-corrected chi connectivity index (χ4v) is 3.80. The highest BCUT2D eigenvalue weighted by atomic mass is 32.1. The highest BCUT2D eigenvalue weighted by Gasteiger charge is 2.16. The summed E-state index contributed by atoms with van der Waals surface area (Å²) in [6, 6.07) is 3.67. The maximum atomic E-state index is 12.4. The molecule has 0 aromatic carbocycles. The van der Waals surface area contributed by atoms with Crippen LogP contribution in [-0.2, 0) is 0 Å². The monoisotopic (exact) mass is 369 g/mol. The minimum Gasteiger partial charge on any atom is -0.298 e. The van der Waals surface area contributed by atoms with E-state index in [2.05, 4.69) is 20.3 Å². The van der Waals surface area contributed by atoms with Crippen molar-refractivity contribution in [3.8, 4) is 11.3 Å². The van der Waals surface area contributed by atoms with Gasteiger partial charge in [0.05, 0.1) is 5.69 Å². The molecular weight excluding hydrogens is 358 g/mol.